The normalized spacial score (nSPS) is 12.2. The highest BCUT2D eigenvalue weighted by Crippen LogP contribution is 2.17. The molecule has 0 spiro atoms. The number of aryl methyl sites for hydroxylation is 1. The highest BCUT2D eigenvalue weighted by atomic mass is 19.1. The minimum atomic E-state index is -0.408. The van der Waals surface area contributed by atoms with Crippen molar-refractivity contribution in [3.63, 3.8) is 0 Å². The SMILES string of the molecule is CCC(Nc1ccc(F)cc1C)C(N)=O. The molecule has 15 heavy (non-hydrogen) atoms. The molecule has 1 amide bonds. The first-order chi connectivity index (χ1) is 7.04. The number of benzene rings is 1. The predicted octanol–water partition coefficient (Wildman–Crippen LogP) is 1.81. The van der Waals surface area contributed by atoms with Gasteiger partial charge in [0.2, 0.25) is 5.91 Å². The van der Waals surface area contributed by atoms with Gasteiger partial charge in [-0.15, -0.1) is 0 Å². The van der Waals surface area contributed by atoms with Gasteiger partial charge < -0.3 is 11.1 Å². The molecule has 3 N–H and O–H groups in total. The molecule has 0 heterocycles. The summed E-state index contributed by atoms with van der Waals surface area (Å²) >= 11 is 0. The van der Waals surface area contributed by atoms with Gasteiger partial charge in [-0.2, -0.15) is 0 Å². The Morgan fingerprint density at radius 2 is 2.27 bits per heavy atom. The van der Waals surface area contributed by atoms with Crippen LogP contribution in [0.3, 0.4) is 0 Å². The van der Waals surface area contributed by atoms with Crippen molar-refractivity contribution >= 4 is 11.6 Å². The quantitative estimate of drug-likeness (QED) is 0.796. The summed E-state index contributed by atoms with van der Waals surface area (Å²) < 4.78 is 12.8. The molecule has 0 radical (unpaired) electrons. The van der Waals surface area contributed by atoms with Gasteiger partial charge in [0.25, 0.3) is 0 Å². The number of rotatable bonds is 4. The van der Waals surface area contributed by atoms with E-state index in [0.29, 0.717) is 6.42 Å². The van der Waals surface area contributed by atoms with Gasteiger partial charge in [0.1, 0.15) is 11.9 Å². The lowest BCUT2D eigenvalue weighted by atomic mass is 10.1. The lowest BCUT2D eigenvalue weighted by Crippen LogP contribution is -2.34. The van der Waals surface area contributed by atoms with Crippen LogP contribution >= 0.6 is 0 Å². The first-order valence-corrected chi connectivity index (χ1v) is 4.86. The van der Waals surface area contributed by atoms with Crippen LogP contribution in [0.25, 0.3) is 0 Å². The molecule has 1 aromatic carbocycles. The van der Waals surface area contributed by atoms with E-state index in [-0.39, 0.29) is 5.82 Å². The molecule has 1 aromatic rings. The number of carbonyl (C=O) groups excluding carboxylic acids is 1. The molecule has 0 saturated heterocycles. The summed E-state index contributed by atoms with van der Waals surface area (Å²) in [4.78, 5) is 11.0. The summed E-state index contributed by atoms with van der Waals surface area (Å²) in [5.74, 6) is -0.689. The maximum Gasteiger partial charge on any atom is 0.239 e. The number of nitrogens with one attached hydrogen (secondary N) is 1. The van der Waals surface area contributed by atoms with Gasteiger partial charge in [0.05, 0.1) is 0 Å². The molecule has 0 aliphatic rings. The molecule has 1 unspecified atom stereocenters. The van der Waals surface area contributed by atoms with E-state index >= 15 is 0 Å². The first-order valence-electron chi connectivity index (χ1n) is 4.86. The van der Waals surface area contributed by atoms with Crippen molar-refractivity contribution < 1.29 is 9.18 Å². The minimum Gasteiger partial charge on any atom is -0.373 e. The molecular weight excluding hydrogens is 195 g/mol. The highest BCUT2D eigenvalue weighted by Gasteiger charge is 2.13. The summed E-state index contributed by atoms with van der Waals surface area (Å²) in [6.07, 6.45) is 0.603. The van der Waals surface area contributed by atoms with Gasteiger partial charge in [-0.25, -0.2) is 4.39 Å². The Labute approximate surface area is 88.5 Å². The number of hydrogen-bond donors (Lipinski definition) is 2. The van der Waals surface area contributed by atoms with Crippen molar-refractivity contribution in [3.05, 3.63) is 29.6 Å². The summed E-state index contributed by atoms with van der Waals surface area (Å²) in [6.45, 7) is 3.64. The van der Waals surface area contributed by atoms with E-state index in [1.54, 1.807) is 13.0 Å². The van der Waals surface area contributed by atoms with Crippen LogP contribution in [0.4, 0.5) is 10.1 Å². The topological polar surface area (TPSA) is 55.1 Å². The zero-order valence-electron chi connectivity index (χ0n) is 8.88. The van der Waals surface area contributed by atoms with Crippen LogP contribution in [0.2, 0.25) is 0 Å². The van der Waals surface area contributed by atoms with Gasteiger partial charge >= 0.3 is 0 Å². The van der Waals surface area contributed by atoms with E-state index < -0.39 is 11.9 Å². The Kier molecular flexibility index (Phi) is 3.66. The van der Waals surface area contributed by atoms with Crippen molar-refractivity contribution in [2.45, 2.75) is 26.3 Å². The van der Waals surface area contributed by atoms with Crippen LogP contribution < -0.4 is 11.1 Å². The lowest BCUT2D eigenvalue weighted by molar-refractivity contribution is -0.118. The fourth-order valence-electron chi connectivity index (χ4n) is 1.35. The van der Waals surface area contributed by atoms with E-state index in [1.165, 1.54) is 12.1 Å². The number of anilines is 1. The van der Waals surface area contributed by atoms with Crippen LogP contribution in [0.1, 0.15) is 18.9 Å². The summed E-state index contributed by atoms with van der Waals surface area (Å²) in [5.41, 5.74) is 6.70. The molecule has 0 fully saturated rings. The number of halogens is 1. The average Bonchev–Trinajstić information content (AvgIpc) is 2.16. The summed E-state index contributed by atoms with van der Waals surface area (Å²) in [7, 11) is 0. The van der Waals surface area contributed by atoms with Crippen molar-refractivity contribution in [3.8, 4) is 0 Å². The second-order valence-electron chi connectivity index (χ2n) is 3.47. The van der Waals surface area contributed by atoms with E-state index in [4.69, 9.17) is 5.73 Å². The third kappa shape index (κ3) is 2.94. The zero-order valence-corrected chi connectivity index (χ0v) is 8.88. The molecule has 4 heteroatoms. The lowest BCUT2D eigenvalue weighted by Gasteiger charge is -2.16. The summed E-state index contributed by atoms with van der Waals surface area (Å²) in [6, 6.07) is 3.96. The minimum absolute atomic E-state index is 0.287. The Morgan fingerprint density at radius 1 is 1.60 bits per heavy atom. The standard InChI is InChI=1S/C11H15FN2O/c1-3-9(11(13)15)14-10-5-4-8(12)6-7(10)2/h4-6,9,14H,3H2,1-2H3,(H2,13,15). The van der Waals surface area contributed by atoms with E-state index in [0.717, 1.165) is 11.3 Å². The molecule has 1 atom stereocenters. The molecule has 0 saturated carbocycles. The summed E-state index contributed by atoms with van der Waals surface area (Å²) in [5, 5.41) is 2.98. The molecular formula is C11H15FN2O. The van der Waals surface area contributed by atoms with Gasteiger partial charge in [0.15, 0.2) is 0 Å². The van der Waals surface area contributed by atoms with Gasteiger partial charge in [-0.3, -0.25) is 4.79 Å². The second kappa shape index (κ2) is 4.77. The Bertz CT molecular complexity index is 366. The fourth-order valence-corrected chi connectivity index (χ4v) is 1.35. The fraction of sp³-hybridized carbons (Fsp3) is 0.364. The van der Waals surface area contributed by atoms with Crippen LogP contribution in [-0.4, -0.2) is 11.9 Å². The monoisotopic (exact) mass is 210 g/mol. The van der Waals surface area contributed by atoms with Crippen molar-refractivity contribution in [1.29, 1.82) is 0 Å². The van der Waals surface area contributed by atoms with E-state index in [1.807, 2.05) is 6.92 Å². The van der Waals surface area contributed by atoms with Crippen LogP contribution in [0, 0.1) is 12.7 Å². The van der Waals surface area contributed by atoms with E-state index in [9.17, 15) is 9.18 Å². The number of carbonyl (C=O) groups is 1. The molecule has 0 bridgehead atoms. The highest BCUT2D eigenvalue weighted by molar-refractivity contribution is 5.83. The Balaban J connectivity index is 2.84. The number of nitrogens with two attached hydrogens (primary N) is 1. The second-order valence-corrected chi connectivity index (χ2v) is 3.47. The molecule has 3 nitrogen and oxygen atoms in total. The number of amides is 1. The van der Waals surface area contributed by atoms with Gasteiger partial charge in [-0.05, 0) is 37.1 Å². The maximum atomic E-state index is 12.8. The molecule has 0 aliphatic carbocycles. The van der Waals surface area contributed by atoms with Gasteiger partial charge in [-0.1, -0.05) is 6.92 Å². The number of hydrogen-bond acceptors (Lipinski definition) is 2. The third-order valence-electron chi connectivity index (χ3n) is 2.27. The molecule has 1 rings (SSSR count). The molecule has 0 aromatic heterocycles. The van der Waals surface area contributed by atoms with Crippen molar-refractivity contribution in [1.82, 2.24) is 0 Å². The first kappa shape index (κ1) is 11.5. The Hall–Kier alpha value is -1.58. The Morgan fingerprint density at radius 3 is 2.73 bits per heavy atom. The smallest absolute Gasteiger partial charge is 0.239 e. The van der Waals surface area contributed by atoms with Crippen molar-refractivity contribution in [2.75, 3.05) is 5.32 Å². The van der Waals surface area contributed by atoms with Gasteiger partial charge in [0, 0.05) is 5.69 Å². The van der Waals surface area contributed by atoms with Crippen LogP contribution in [0.15, 0.2) is 18.2 Å². The molecule has 0 aliphatic heterocycles. The maximum absolute atomic E-state index is 12.8. The predicted molar refractivity (Wildman–Crippen MR) is 58.0 cm³/mol. The largest absolute Gasteiger partial charge is 0.373 e. The molecule has 82 valence electrons. The van der Waals surface area contributed by atoms with E-state index in [2.05, 4.69) is 5.32 Å². The third-order valence-corrected chi connectivity index (χ3v) is 2.27. The van der Waals surface area contributed by atoms with Crippen LogP contribution in [-0.2, 0) is 4.79 Å². The zero-order chi connectivity index (χ0) is 11.4. The number of primary amides is 1. The van der Waals surface area contributed by atoms with Crippen LogP contribution in [0.5, 0.6) is 0 Å². The van der Waals surface area contributed by atoms with Crippen molar-refractivity contribution in [2.24, 2.45) is 5.73 Å². The average molecular weight is 210 g/mol.